The van der Waals surface area contributed by atoms with E-state index in [4.69, 9.17) is 0 Å². The molecule has 0 spiro atoms. The van der Waals surface area contributed by atoms with Crippen molar-refractivity contribution in [3.8, 4) is 0 Å². The first-order valence-electron chi connectivity index (χ1n) is 4.73. The van der Waals surface area contributed by atoms with Gasteiger partial charge in [0.2, 0.25) is 0 Å². The molecule has 1 radical (unpaired) electrons. The van der Waals surface area contributed by atoms with Crippen molar-refractivity contribution in [3.63, 3.8) is 0 Å². The molecule has 0 N–H and O–H groups in total. The van der Waals surface area contributed by atoms with Gasteiger partial charge in [-0.3, -0.25) is 4.79 Å². The molecule has 0 atom stereocenters. The molecule has 0 amide bonds. The van der Waals surface area contributed by atoms with Crippen molar-refractivity contribution in [2.45, 2.75) is 13.7 Å². The van der Waals surface area contributed by atoms with Gasteiger partial charge in [-0.25, -0.2) is 4.79 Å². The minimum absolute atomic E-state index is 0.0496. The third-order valence-corrected chi connectivity index (χ3v) is 2.89. The van der Waals surface area contributed by atoms with Crippen LogP contribution in [0.2, 0.25) is 6.82 Å². The number of hydrogen-bond donors (Lipinski definition) is 0. The fourth-order valence-electron chi connectivity index (χ4n) is 1.39. The molecule has 16 heavy (non-hydrogen) atoms. The summed E-state index contributed by atoms with van der Waals surface area (Å²) in [6.45, 7) is 3.29. The molecule has 0 heterocycles. The third kappa shape index (κ3) is 2.53. The molecule has 83 valence electrons. The van der Waals surface area contributed by atoms with Crippen molar-refractivity contribution in [3.05, 3.63) is 27.7 Å². The monoisotopic (exact) mass is 281 g/mol. The van der Waals surface area contributed by atoms with Crippen molar-refractivity contribution in [1.82, 2.24) is 0 Å². The second-order valence-corrected chi connectivity index (χ2v) is 4.11. The average molecular weight is 282 g/mol. The number of methoxy groups -OCH3 is 1. The van der Waals surface area contributed by atoms with Crippen LogP contribution in [-0.2, 0) is 4.74 Å². The van der Waals surface area contributed by atoms with E-state index in [0.29, 0.717) is 21.1 Å². The zero-order valence-corrected chi connectivity index (χ0v) is 10.9. The van der Waals surface area contributed by atoms with Gasteiger partial charge in [-0.05, 0) is 13.0 Å². The molecule has 3 nitrogen and oxygen atoms in total. The highest BCUT2D eigenvalue weighted by molar-refractivity contribution is 9.10. The largest absolute Gasteiger partial charge is 0.465 e. The van der Waals surface area contributed by atoms with Gasteiger partial charge >= 0.3 is 5.97 Å². The van der Waals surface area contributed by atoms with Gasteiger partial charge in [0, 0.05) is 10.0 Å². The normalized spacial score (nSPS) is 9.75. The number of carbonyl (C=O) groups is 2. The zero-order valence-electron chi connectivity index (χ0n) is 9.33. The number of esters is 1. The zero-order chi connectivity index (χ0) is 12.3. The van der Waals surface area contributed by atoms with E-state index in [2.05, 4.69) is 20.7 Å². The summed E-state index contributed by atoms with van der Waals surface area (Å²) < 4.78 is 5.27. The maximum atomic E-state index is 11.5. The molecule has 5 heteroatoms. The third-order valence-electron chi connectivity index (χ3n) is 2.23. The smallest absolute Gasteiger partial charge is 0.337 e. The standard InChI is InChI=1S/C11H11BBrO3/c1-6(14)7-4-9(12-2)8(5-10(7)13)11(15)16-3/h4-5H,1-3H3. The Kier molecular flexibility index (Phi) is 4.30. The van der Waals surface area contributed by atoms with Gasteiger partial charge in [0.1, 0.15) is 7.28 Å². The molecule has 0 bridgehead atoms. The fourth-order valence-corrected chi connectivity index (χ4v) is 2.01. The summed E-state index contributed by atoms with van der Waals surface area (Å²) in [5.74, 6) is -0.463. The van der Waals surface area contributed by atoms with E-state index in [1.807, 2.05) is 0 Å². The van der Waals surface area contributed by atoms with Crippen LogP contribution in [0.25, 0.3) is 0 Å². The van der Waals surface area contributed by atoms with Crippen LogP contribution >= 0.6 is 15.9 Å². The van der Waals surface area contributed by atoms with E-state index in [1.54, 1.807) is 26.2 Å². The Bertz CT molecular complexity index is 443. The van der Waals surface area contributed by atoms with Crippen molar-refractivity contribution >= 4 is 40.4 Å². The number of Topliss-reactive ketones (excluding diaryl/α,β-unsaturated/α-hetero) is 1. The molecular formula is C11H11BBrO3. The molecule has 0 fully saturated rings. The Balaban J connectivity index is 3.37. The summed E-state index contributed by atoms with van der Waals surface area (Å²) in [5.41, 5.74) is 1.70. The molecule has 1 rings (SSSR count). The number of hydrogen-bond acceptors (Lipinski definition) is 3. The first kappa shape index (κ1) is 13.0. The molecule has 0 aromatic heterocycles. The predicted molar refractivity (Wildman–Crippen MR) is 66.7 cm³/mol. The van der Waals surface area contributed by atoms with Crippen LogP contribution in [0.15, 0.2) is 16.6 Å². The Hall–Kier alpha value is -1.10. The molecule has 0 unspecified atom stereocenters. The summed E-state index contributed by atoms with van der Waals surface area (Å²) in [6, 6.07) is 3.29. The van der Waals surface area contributed by atoms with Gasteiger partial charge in [-0.2, -0.15) is 0 Å². The van der Waals surface area contributed by atoms with Crippen molar-refractivity contribution in [2.75, 3.05) is 7.11 Å². The average Bonchev–Trinajstić information content (AvgIpc) is 2.27. The molecule has 1 aromatic rings. The second-order valence-electron chi connectivity index (χ2n) is 3.26. The Morgan fingerprint density at radius 3 is 2.38 bits per heavy atom. The molecule has 0 aliphatic rings. The fraction of sp³-hybridized carbons (Fsp3) is 0.273. The summed E-state index contributed by atoms with van der Waals surface area (Å²) >= 11 is 3.27. The van der Waals surface area contributed by atoms with Crippen LogP contribution in [0.4, 0.5) is 0 Å². The lowest BCUT2D eigenvalue weighted by atomic mass is 9.70. The Morgan fingerprint density at radius 2 is 1.94 bits per heavy atom. The molecule has 0 aliphatic carbocycles. The van der Waals surface area contributed by atoms with Gasteiger partial charge in [0.15, 0.2) is 5.78 Å². The molecule has 0 saturated carbocycles. The maximum Gasteiger partial charge on any atom is 0.337 e. The number of carbonyl (C=O) groups excluding carboxylic acids is 2. The SMILES string of the molecule is C[B]c1cc(C(C)=O)c(Br)cc1C(=O)OC. The number of ketones is 1. The number of benzene rings is 1. The minimum atomic E-state index is -0.413. The van der Waals surface area contributed by atoms with Crippen LogP contribution < -0.4 is 5.46 Å². The minimum Gasteiger partial charge on any atom is -0.465 e. The quantitative estimate of drug-likeness (QED) is 0.482. The first-order valence-corrected chi connectivity index (χ1v) is 5.52. The van der Waals surface area contributed by atoms with E-state index in [1.165, 1.54) is 14.0 Å². The van der Waals surface area contributed by atoms with Gasteiger partial charge in [-0.15, -0.1) is 0 Å². The predicted octanol–water partition coefficient (Wildman–Crippen LogP) is 1.82. The number of rotatable bonds is 3. The number of halogens is 1. The van der Waals surface area contributed by atoms with E-state index in [0.717, 1.165) is 0 Å². The maximum absolute atomic E-state index is 11.5. The van der Waals surface area contributed by atoms with E-state index < -0.39 is 5.97 Å². The van der Waals surface area contributed by atoms with Crippen molar-refractivity contribution in [2.24, 2.45) is 0 Å². The summed E-state index contributed by atoms with van der Waals surface area (Å²) in [6.07, 6.45) is 0. The van der Waals surface area contributed by atoms with Crippen LogP contribution in [0.1, 0.15) is 27.6 Å². The summed E-state index contributed by atoms with van der Waals surface area (Å²) in [7, 11) is 3.10. The summed E-state index contributed by atoms with van der Waals surface area (Å²) in [5, 5.41) is 0. The van der Waals surface area contributed by atoms with Crippen LogP contribution in [0.3, 0.4) is 0 Å². The molecule has 0 saturated heterocycles. The molecular weight excluding hydrogens is 271 g/mol. The highest BCUT2D eigenvalue weighted by Gasteiger charge is 2.15. The lowest BCUT2D eigenvalue weighted by Crippen LogP contribution is -2.23. The second kappa shape index (κ2) is 5.30. The van der Waals surface area contributed by atoms with Crippen molar-refractivity contribution < 1.29 is 14.3 Å². The van der Waals surface area contributed by atoms with Gasteiger partial charge in [0.25, 0.3) is 0 Å². The van der Waals surface area contributed by atoms with Crippen molar-refractivity contribution in [1.29, 1.82) is 0 Å². The summed E-state index contributed by atoms with van der Waals surface area (Å²) in [4.78, 5) is 22.8. The van der Waals surface area contributed by atoms with Crippen LogP contribution in [0, 0.1) is 0 Å². The van der Waals surface area contributed by atoms with Crippen LogP contribution in [0.5, 0.6) is 0 Å². The first-order chi connectivity index (χ1) is 7.51. The van der Waals surface area contributed by atoms with Crippen LogP contribution in [-0.4, -0.2) is 26.1 Å². The number of ether oxygens (including phenoxy) is 1. The molecule has 1 aromatic carbocycles. The Morgan fingerprint density at radius 1 is 1.31 bits per heavy atom. The molecule has 0 aliphatic heterocycles. The van der Waals surface area contributed by atoms with Gasteiger partial charge in [-0.1, -0.05) is 34.3 Å². The van der Waals surface area contributed by atoms with E-state index in [9.17, 15) is 9.59 Å². The highest BCUT2D eigenvalue weighted by Crippen LogP contribution is 2.18. The van der Waals surface area contributed by atoms with E-state index in [-0.39, 0.29) is 5.78 Å². The van der Waals surface area contributed by atoms with E-state index >= 15 is 0 Å². The highest BCUT2D eigenvalue weighted by atomic mass is 79.9. The topological polar surface area (TPSA) is 43.4 Å². The Labute approximate surface area is 104 Å². The lowest BCUT2D eigenvalue weighted by Gasteiger charge is -2.09. The van der Waals surface area contributed by atoms with Gasteiger partial charge in [0.05, 0.1) is 12.7 Å². The lowest BCUT2D eigenvalue weighted by molar-refractivity contribution is 0.0602. The van der Waals surface area contributed by atoms with Gasteiger partial charge < -0.3 is 4.74 Å².